The lowest BCUT2D eigenvalue weighted by Gasteiger charge is -2.27. The number of nitrogens with zero attached hydrogens (tertiary/aromatic N) is 1. The molecule has 1 unspecified atom stereocenters. The molecule has 0 aromatic carbocycles. The number of ether oxygens (including phenoxy) is 1. The number of hydrogen-bond acceptors (Lipinski definition) is 4. The highest BCUT2D eigenvalue weighted by molar-refractivity contribution is 6.05. The number of esters is 1. The van der Waals surface area contributed by atoms with Gasteiger partial charge in [0.15, 0.2) is 0 Å². The number of carbonyl (C=O) groups is 2. The fourth-order valence-electron chi connectivity index (χ4n) is 1.03. The van der Waals surface area contributed by atoms with E-state index in [-0.39, 0.29) is 0 Å². The number of carbonyl (C=O) groups excluding carboxylic acids is 2. The number of ketones is 1. The molecule has 11 heteroatoms. The molecule has 0 N–H and O–H groups in total. The SMILES string of the molecule is CC(C)OC(=O)C(C#N)C(=O)C(F)(F)C(F)(F)C(F)(F)F. The highest BCUT2D eigenvalue weighted by Crippen LogP contribution is 2.47. The molecule has 0 aliphatic rings. The van der Waals surface area contributed by atoms with E-state index in [4.69, 9.17) is 5.26 Å². The van der Waals surface area contributed by atoms with Crippen LogP contribution in [0.1, 0.15) is 13.8 Å². The lowest BCUT2D eigenvalue weighted by atomic mass is 9.96. The molecule has 4 nitrogen and oxygen atoms in total. The molecule has 0 aliphatic heterocycles. The Kier molecular flexibility index (Phi) is 5.35. The summed E-state index contributed by atoms with van der Waals surface area (Å²) in [5.74, 6) is -21.2. The Bertz CT molecular complexity index is 464. The molecule has 120 valence electrons. The lowest BCUT2D eigenvalue weighted by Crippen LogP contribution is -2.58. The van der Waals surface area contributed by atoms with Crippen LogP contribution in [-0.2, 0) is 14.3 Å². The zero-order valence-corrected chi connectivity index (χ0v) is 10.5. The Morgan fingerprint density at radius 2 is 1.48 bits per heavy atom. The van der Waals surface area contributed by atoms with Gasteiger partial charge in [0.1, 0.15) is 0 Å². The Labute approximate surface area is 113 Å². The van der Waals surface area contributed by atoms with E-state index in [1.165, 1.54) is 13.8 Å². The van der Waals surface area contributed by atoms with Crippen LogP contribution < -0.4 is 0 Å². The molecular weight excluding hydrogens is 315 g/mol. The molecule has 0 saturated carbocycles. The van der Waals surface area contributed by atoms with Gasteiger partial charge >= 0.3 is 24.0 Å². The van der Waals surface area contributed by atoms with Crippen molar-refractivity contribution in [2.45, 2.75) is 38.0 Å². The summed E-state index contributed by atoms with van der Waals surface area (Å²) in [5.41, 5.74) is 0. The molecule has 0 amide bonds. The summed E-state index contributed by atoms with van der Waals surface area (Å²) in [6, 6.07) is 0.632. The minimum Gasteiger partial charge on any atom is -0.462 e. The van der Waals surface area contributed by atoms with Gasteiger partial charge in [0.25, 0.3) is 0 Å². The maximum absolute atomic E-state index is 13.0. The van der Waals surface area contributed by atoms with E-state index in [0.29, 0.717) is 6.07 Å². The number of Topliss-reactive ketones (excluding diaryl/α,β-unsaturated/α-hetero) is 1. The minimum atomic E-state index is -6.74. The van der Waals surface area contributed by atoms with Crippen molar-refractivity contribution in [1.82, 2.24) is 0 Å². The molecule has 0 radical (unpaired) electrons. The number of halogens is 7. The van der Waals surface area contributed by atoms with Crippen molar-refractivity contribution in [3.05, 3.63) is 0 Å². The summed E-state index contributed by atoms with van der Waals surface area (Å²) in [4.78, 5) is 22.2. The van der Waals surface area contributed by atoms with Crippen molar-refractivity contribution in [3.63, 3.8) is 0 Å². The summed E-state index contributed by atoms with van der Waals surface area (Å²) in [6.45, 7) is 2.36. The molecule has 0 saturated heterocycles. The van der Waals surface area contributed by atoms with E-state index in [0.717, 1.165) is 0 Å². The summed E-state index contributed by atoms with van der Waals surface area (Å²) in [7, 11) is 0. The summed E-state index contributed by atoms with van der Waals surface area (Å²) in [5, 5.41) is 8.38. The van der Waals surface area contributed by atoms with Crippen molar-refractivity contribution in [1.29, 1.82) is 5.26 Å². The van der Waals surface area contributed by atoms with Gasteiger partial charge < -0.3 is 4.74 Å². The quantitative estimate of drug-likeness (QED) is 0.443. The average Bonchev–Trinajstić information content (AvgIpc) is 2.26. The van der Waals surface area contributed by atoms with Gasteiger partial charge in [0, 0.05) is 0 Å². The van der Waals surface area contributed by atoms with E-state index < -0.39 is 41.8 Å². The van der Waals surface area contributed by atoms with E-state index in [1.54, 1.807) is 0 Å². The number of alkyl halides is 7. The summed E-state index contributed by atoms with van der Waals surface area (Å²) >= 11 is 0. The fourth-order valence-corrected chi connectivity index (χ4v) is 1.03. The second kappa shape index (κ2) is 5.87. The van der Waals surface area contributed by atoms with Gasteiger partial charge in [-0.15, -0.1) is 0 Å². The predicted octanol–water partition coefficient (Wildman–Crippen LogP) is 2.48. The van der Waals surface area contributed by atoms with Gasteiger partial charge in [-0.1, -0.05) is 0 Å². The Morgan fingerprint density at radius 1 is 1.05 bits per heavy atom. The monoisotopic (exact) mass is 323 g/mol. The molecule has 0 aliphatic carbocycles. The zero-order valence-electron chi connectivity index (χ0n) is 10.5. The standard InChI is InChI=1S/C10H8F7NO3/c1-4(2)21-7(20)5(3-18)6(19)8(11,12)9(13,14)10(15,16)17/h4-5H,1-2H3. The second-order valence-corrected chi connectivity index (χ2v) is 4.06. The number of rotatable bonds is 5. The molecular formula is C10H8F7NO3. The van der Waals surface area contributed by atoms with Gasteiger partial charge in [-0.05, 0) is 13.8 Å². The van der Waals surface area contributed by atoms with Gasteiger partial charge in [-0.25, -0.2) is 0 Å². The van der Waals surface area contributed by atoms with Gasteiger partial charge in [-0.2, -0.15) is 36.0 Å². The van der Waals surface area contributed by atoms with Crippen LogP contribution >= 0.6 is 0 Å². The first kappa shape index (κ1) is 19.1. The highest BCUT2D eigenvalue weighted by atomic mass is 19.4. The summed E-state index contributed by atoms with van der Waals surface area (Å²) < 4.78 is 91.2. The first-order chi connectivity index (χ1) is 9.20. The van der Waals surface area contributed by atoms with Crippen LogP contribution in [0.25, 0.3) is 0 Å². The highest BCUT2D eigenvalue weighted by Gasteiger charge is 2.77. The second-order valence-electron chi connectivity index (χ2n) is 4.06. The third-order valence-electron chi connectivity index (χ3n) is 2.04. The molecule has 0 bridgehead atoms. The van der Waals surface area contributed by atoms with Crippen LogP contribution in [0.2, 0.25) is 0 Å². The normalized spacial score (nSPS) is 14.5. The average molecular weight is 323 g/mol. The van der Waals surface area contributed by atoms with Crippen LogP contribution in [0.5, 0.6) is 0 Å². The lowest BCUT2D eigenvalue weighted by molar-refractivity contribution is -0.344. The largest absolute Gasteiger partial charge is 0.462 e. The smallest absolute Gasteiger partial charge is 0.460 e. The third kappa shape index (κ3) is 3.62. The van der Waals surface area contributed by atoms with E-state index >= 15 is 0 Å². The fraction of sp³-hybridized carbons (Fsp3) is 0.700. The number of hydrogen-bond donors (Lipinski definition) is 0. The van der Waals surface area contributed by atoms with Crippen molar-refractivity contribution in [2.75, 3.05) is 0 Å². The minimum absolute atomic E-state index is 0.632. The predicted molar refractivity (Wildman–Crippen MR) is 51.3 cm³/mol. The molecule has 1 atom stereocenters. The van der Waals surface area contributed by atoms with Crippen molar-refractivity contribution < 1.29 is 45.1 Å². The van der Waals surface area contributed by atoms with Gasteiger partial charge in [0.2, 0.25) is 11.7 Å². The van der Waals surface area contributed by atoms with Crippen LogP contribution in [-0.4, -0.2) is 35.9 Å². The zero-order chi connectivity index (χ0) is 17.2. The molecule has 21 heavy (non-hydrogen) atoms. The van der Waals surface area contributed by atoms with Crippen LogP contribution in [0.15, 0.2) is 0 Å². The van der Waals surface area contributed by atoms with E-state index in [1.807, 2.05) is 0 Å². The van der Waals surface area contributed by atoms with Gasteiger partial charge in [0.05, 0.1) is 12.2 Å². The van der Waals surface area contributed by atoms with Crippen molar-refractivity contribution in [2.24, 2.45) is 5.92 Å². The van der Waals surface area contributed by atoms with Crippen LogP contribution in [0.3, 0.4) is 0 Å². The van der Waals surface area contributed by atoms with Crippen LogP contribution in [0, 0.1) is 17.2 Å². The van der Waals surface area contributed by atoms with Crippen LogP contribution in [0.4, 0.5) is 30.7 Å². The first-order valence-corrected chi connectivity index (χ1v) is 5.17. The van der Waals surface area contributed by atoms with Crippen molar-refractivity contribution in [3.8, 4) is 6.07 Å². The van der Waals surface area contributed by atoms with Crippen molar-refractivity contribution >= 4 is 11.8 Å². The van der Waals surface area contributed by atoms with Gasteiger partial charge in [-0.3, -0.25) is 9.59 Å². The van der Waals surface area contributed by atoms with E-state index in [2.05, 4.69) is 4.74 Å². The molecule has 0 spiro atoms. The molecule has 0 aromatic rings. The molecule has 0 heterocycles. The topological polar surface area (TPSA) is 67.2 Å². The Balaban J connectivity index is 5.58. The summed E-state index contributed by atoms with van der Waals surface area (Å²) in [6.07, 6.45) is -7.74. The molecule has 0 rings (SSSR count). The Morgan fingerprint density at radius 3 is 1.76 bits per heavy atom. The number of nitriles is 1. The Hall–Kier alpha value is -1.86. The third-order valence-corrected chi connectivity index (χ3v) is 2.04. The first-order valence-electron chi connectivity index (χ1n) is 5.17. The molecule has 0 aromatic heterocycles. The maximum Gasteiger partial charge on any atom is 0.460 e. The molecule has 0 fully saturated rings. The maximum atomic E-state index is 13.0. The van der Waals surface area contributed by atoms with E-state index in [9.17, 15) is 40.3 Å².